The van der Waals surface area contributed by atoms with Gasteiger partial charge in [0.2, 0.25) is 0 Å². The monoisotopic (exact) mass is 226 g/mol. The van der Waals surface area contributed by atoms with Crippen LogP contribution >= 0.6 is 0 Å². The number of nitrogens with one attached hydrogen (secondary N) is 1. The van der Waals surface area contributed by atoms with E-state index in [4.69, 9.17) is 0 Å². The van der Waals surface area contributed by atoms with Gasteiger partial charge in [-0.1, -0.05) is 13.8 Å². The summed E-state index contributed by atoms with van der Waals surface area (Å²) >= 11 is 0. The van der Waals surface area contributed by atoms with Gasteiger partial charge in [-0.2, -0.15) is 13.2 Å². The molecule has 0 spiro atoms. The molecule has 0 saturated carbocycles. The van der Waals surface area contributed by atoms with Crippen molar-refractivity contribution in [2.45, 2.75) is 46.0 Å². The Balaban J connectivity index is 4.27. The van der Waals surface area contributed by atoms with Crippen LogP contribution in [0.1, 0.15) is 27.7 Å². The fourth-order valence-corrected chi connectivity index (χ4v) is 1.58. The Morgan fingerprint density at radius 1 is 1.20 bits per heavy atom. The van der Waals surface area contributed by atoms with E-state index < -0.39 is 12.7 Å². The van der Waals surface area contributed by atoms with Crippen LogP contribution in [0.5, 0.6) is 0 Å². The summed E-state index contributed by atoms with van der Waals surface area (Å²) in [6.45, 7) is 7.78. The lowest BCUT2D eigenvalue weighted by Crippen LogP contribution is -2.49. The fourth-order valence-electron chi connectivity index (χ4n) is 1.58. The third-order valence-corrected chi connectivity index (χ3v) is 2.61. The molecular formula is C10H21F3N2. The van der Waals surface area contributed by atoms with Gasteiger partial charge >= 0.3 is 6.18 Å². The topological polar surface area (TPSA) is 15.3 Å². The maximum atomic E-state index is 12.2. The quantitative estimate of drug-likeness (QED) is 0.747. The zero-order valence-corrected chi connectivity index (χ0v) is 9.86. The standard InChI is InChI=1S/C10H21F3N2/c1-5-14-8(3)9(4)15(6-2)7-10(11,12)13/h8-9,14H,5-7H2,1-4H3. The molecule has 0 amide bonds. The molecule has 0 heterocycles. The van der Waals surface area contributed by atoms with Gasteiger partial charge < -0.3 is 5.32 Å². The molecule has 0 rings (SSSR count). The number of hydrogen-bond acceptors (Lipinski definition) is 2. The van der Waals surface area contributed by atoms with Crippen molar-refractivity contribution in [2.24, 2.45) is 0 Å². The molecule has 0 aliphatic rings. The van der Waals surface area contributed by atoms with Gasteiger partial charge in [0, 0.05) is 12.1 Å². The van der Waals surface area contributed by atoms with Crippen molar-refractivity contribution in [3.8, 4) is 0 Å². The predicted octanol–water partition coefficient (Wildman–Crippen LogP) is 2.26. The molecule has 0 aromatic rings. The predicted molar refractivity (Wildman–Crippen MR) is 55.9 cm³/mol. The van der Waals surface area contributed by atoms with Crippen molar-refractivity contribution >= 4 is 0 Å². The number of hydrogen-bond donors (Lipinski definition) is 1. The van der Waals surface area contributed by atoms with E-state index in [9.17, 15) is 13.2 Å². The summed E-state index contributed by atoms with van der Waals surface area (Å²) < 4.78 is 36.7. The Morgan fingerprint density at radius 2 is 1.73 bits per heavy atom. The maximum Gasteiger partial charge on any atom is 0.401 e. The van der Waals surface area contributed by atoms with E-state index in [0.29, 0.717) is 6.54 Å². The molecule has 15 heavy (non-hydrogen) atoms. The molecule has 0 aliphatic heterocycles. The first-order chi connectivity index (χ1) is 6.81. The lowest BCUT2D eigenvalue weighted by Gasteiger charge is -2.33. The molecule has 2 nitrogen and oxygen atoms in total. The normalized spacial score (nSPS) is 16.8. The Hall–Kier alpha value is -0.290. The highest BCUT2D eigenvalue weighted by molar-refractivity contribution is 4.78. The van der Waals surface area contributed by atoms with Gasteiger partial charge in [-0.05, 0) is 26.9 Å². The first kappa shape index (κ1) is 14.7. The van der Waals surface area contributed by atoms with Gasteiger partial charge in [0.1, 0.15) is 0 Å². The van der Waals surface area contributed by atoms with E-state index >= 15 is 0 Å². The average molecular weight is 226 g/mol. The molecule has 5 heteroatoms. The summed E-state index contributed by atoms with van der Waals surface area (Å²) in [6.07, 6.45) is -4.11. The summed E-state index contributed by atoms with van der Waals surface area (Å²) in [5, 5.41) is 3.14. The van der Waals surface area contributed by atoms with E-state index in [0.717, 1.165) is 6.54 Å². The zero-order valence-electron chi connectivity index (χ0n) is 9.86. The van der Waals surface area contributed by atoms with E-state index in [1.807, 2.05) is 20.8 Å². The van der Waals surface area contributed by atoms with Gasteiger partial charge in [0.05, 0.1) is 6.54 Å². The zero-order chi connectivity index (χ0) is 12.1. The Bertz CT molecular complexity index is 171. The molecule has 2 unspecified atom stereocenters. The van der Waals surface area contributed by atoms with Crippen molar-refractivity contribution in [1.82, 2.24) is 10.2 Å². The van der Waals surface area contributed by atoms with Crippen LogP contribution in [0.15, 0.2) is 0 Å². The smallest absolute Gasteiger partial charge is 0.313 e. The van der Waals surface area contributed by atoms with Crippen LogP contribution < -0.4 is 5.32 Å². The van der Waals surface area contributed by atoms with Crippen molar-refractivity contribution in [3.05, 3.63) is 0 Å². The lowest BCUT2D eigenvalue weighted by atomic mass is 10.1. The molecule has 0 aromatic heterocycles. The van der Waals surface area contributed by atoms with Crippen LogP contribution in [0.2, 0.25) is 0 Å². The molecule has 92 valence electrons. The molecule has 0 bridgehead atoms. The Kier molecular flexibility index (Phi) is 6.20. The van der Waals surface area contributed by atoms with Gasteiger partial charge in [-0.15, -0.1) is 0 Å². The third-order valence-electron chi connectivity index (χ3n) is 2.61. The van der Waals surface area contributed by atoms with Gasteiger partial charge in [-0.3, -0.25) is 4.90 Å². The van der Waals surface area contributed by atoms with Crippen molar-refractivity contribution in [2.75, 3.05) is 19.6 Å². The molecule has 0 fully saturated rings. The van der Waals surface area contributed by atoms with Crippen LogP contribution in [0.4, 0.5) is 13.2 Å². The van der Waals surface area contributed by atoms with Crippen LogP contribution in [-0.4, -0.2) is 42.8 Å². The summed E-state index contributed by atoms with van der Waals surface area (Å²) in [5.74, 6) is 0. The number of likely N-dealkylation sites (N-methyl/N-ethyl adjacent to an activating group) is 2. The molecule has 0 saturated heterocycles. The second-order valence-electron chi connectivity index (χ2n) is 3.77. The van der Waals surface area contributed by atoms with Crippen LogP contribution in [0, 0.1) is 0 Å². The highest BCUT2D eigenvalue weighted by atomic mass is 19.4. The molecule has 2 atom stereocenters. The van der Waals surface area contributed by atoms with Crippen molar-refractivity contribution < 1.29 is 13.2 Å². The minimum atomic E-state index is -4.11. The van der Waals surface area contributed by atoms with Crippen LogP contribution in [-0.2, 0) is 0 Å². The third kappa shape index (κ3) is 5.99. The molecule has 1 N–H and O–H groups in total. The highest BCUT2D eigenvalue weighted by Gasteiger charge is 2.33. The van der Waals surface area contributed by atoms with Crippen molar-refractivity contribution in [1.29, 1.82) is 0 Å². The van der Waals surface area contributed by atoms with Crippen molar-refractivity contribution in [3.63, 3.8) is 0 Å². The second kappa shape index (κ2) is 6.33. The summed E-state index contributed by atoms with van der Waals surface area (Å²) in [6, 6.07) is -0.0473. The molecule has 0 aromatic carbocycles. The number of halogens is 3. The average Bonchev–Trinajstić information content (AvgIpc) is 2.12. The van der Waals surface area contributed by atoms with Crippen LogP contribution in [0.25, 0.3) is 0 Å². The van der Waals surface area contributed by atoms with E-state index in [-0.39, 0.29) is 12.1 Å². The first-order valence-electron chi connectivity index (χ1n) is 5.36. The van der Waals surface area contributed by atoms with E-state index in [2.05, 4.69) is 5.32 Å². The Morgan fingerprint density at radius 3 is 2.07 bits per heavy atom. The highest BCUT2D eigenvalue weighted by Crippen LogP contribution is 2.18. The summed E-state index contributed by atoms with van der Waals surface area (Å²) in [5.41, 5.74) is 0. The molecule has 0 aliphatic carbocycles. The largest absolute Gasteiger partial charge is 0.401 e. The second-order valence-corrected chi connectivity index (χ2v) is 3.77. The minimum Gasteiger partial charge on any atom is -0.313 e. The lowest BCUT2D eigenvalue weighted by molar-refractivity contribution is -0.150. The molecular weight excluding hydrogens is 205 g/mol. The SMILES string of the molecule is CCNC(C)C(C)N(CC)CC(F)(F)F. The minimum absolute atomic E-state index is 0.0669. The Labute approximate surface area is 89.8 Å². The van der Waals surface area contributed by atoms with Gasteiger partial charge in [-0.25, -0.2) is 0 Å². The number of alkyl halides is 3. The van der Waals surface area contributed by atoms with Crippen LogP contribution in [0.3, 0.4) is 0 Å². The van der Waals surface area contributed by atoms with Gasteiger partial charge in [0.15, 0.2) is 0 Å². The maximum absolute atomic E-state index is 12.2. The number of nitrogens with zero attached hydrogens (tertiary/aromatic N) is 1. The number of rotatable bonds is 6. The van der Waals surface area contributed by atoms with E-state index in [1.165, 1.54) is 4.90 Å². The fraction of sp³-hybridized carbons (Fsp3) is 1.00. The summed E-state index contributed by atoms with van der Waals surface area (Å²) in [4.78, 5) is 1.44. The summed E-state index contributed by atoms with van der Waals surface area (Å²) in [7, 11) is 0. The molecule has 0 radical (unpaired) electrons. The van der Waals surface area contributed by atoms with Gasteiger partial charge in [0.25, 0.3) is 0 Å². The van der Waals surface area contributed by atoms with E-state index in [1.54, 1.807) is 6.92 Å². The first-order valence-corrected chi connectivity index (χ1v) is 5.36.